The summed E-state index contributed by atoms with van der Waals surface area (Å²) in [6.07, 6.45) is 4.57. The number of phenols is 4. The third-order valence-electron chi connectivity index (χ3n) is 14.1. The maximum Gasteiger partial charge on any atom is 0.477 e. The van der Waals surface area contributed by atoms with Crippen LogP contribution in [0.4, 0.5) is 0 Å². The highest BCUT2D eigenvalue weighted by atomic mass is 17.0. The van der Waals surface area contributed by atoms with Crippen LogP contribution in [-0.2, 0) is 30.1 Å². The van der Waals surface area contributed by atoms with Crippen molar-refractivity contribution in [1.82, 2.24) is 0 Å². The van der Waals surface area contributed by atoms with Gasteiger partial charge in [0.25, 0.3) is 0 Å². The minimum Gasteiger partial charge on any atom is -0.508 e. The fourth-order valence-corrected chi connectivity index (χ4v) is 10.4. The molecule has 10 heteroatoms. The van der Waals surface area contributed by atoms with Crippen molar-refractivity contribution >= 4 is 11.6 Å². The molecule has 0 amide bonds. The first-order chi connectivity index (χ1) is 24.2. The molecule has 4 N–H and O–H groups in total. The number of aromatic hydroxyl groups is 4. The molecule has 2 aromatic carbocycles. The zero-order valence-corrected chi connectivity index (χ0v) is 32.1. The van der Waals surface area contributed by atoms with Crippen LogP contribution in [0.15, 0.2) is 24.3 Å². The first-order valence-corrected chi connectivity index (χ1v) is 19.1. The Balaban J connectivity index is 0.949. The summed E-state index contributed by atoms with van der Waals surface area (Å²) in [4.78, 5) is 48.2. The molecule has 10 nitrogen and oxygen atoms in total. The molecule has 4 bridgehead atoms. The van der Waals surface area contributed by atoms with Gasteiger partial charge in [0.15, 0.2) is 13.2 Å². The van der Waals surface area contributed by atoms with E-state index in [4.69, 9.17) is 9.68 Å². The van der Waals surface area contributed by atoms with Gasteiger partial charge in [0, 0.05) is 47.6 Å². The van der Waals surface area contributed by atoms with Gasteiger partial charge < -0.3 is 20.4 Å². The summed E-state index contributed by atoms with van der Waals surface area (Å²) in [5.74, 6) is 0.723. The third kappa shape index (κ3) is 6.53. The number of fused-ring (bicyclic) bond motifs is 4. The molecule has 284 valence electrons. The average Bonchev–Trinajstić information content (AvgIpc) is 3.03. The summed E-state index contributed by atoms with van der Waals surface area (Å²) in [6, 6.07) is 6.78. The van der Waals surface area contributed by atoms with Crippen LogP contribution in [0.1, 0.15) is 141 Å². The summed E-state index contributed by atoms with van der Waals surface area (Å²) in [5, 5.41) is 44.4. The zero-order chi connectivity index (χ0) is 38.1. The number of nitrogens with zero attached hydrogens (tertiary/aromatic N) is 1. The van der Waals surface area contributed by atoms with E-state index in [1.807, 2.05) is 27.7 Å². The van der Waals surface area contributed by atoms with Crippen LogP contribution in [0.25, 0.3) is 0 Å². The van der Waals surface area contributed by atoms with Crippen LogP contribution in [0.5, 0.6) is 23.0 Å². The lowest BCUT2D eigenvalue weighted by Crippen LogP contribution is -2.56. The minimum absolute atomic E-state index is 0.0173. The van der Waals surface area contributed by atoms with Crippen molar-refractivity contribution in [2.75, 3.05) is 13.2 Å². The van der Waals surface area contributed by atoms with E-state index in [-0.39, 0.29) is 99.2 Å². The van der Waals surface area contributed by atoms with E-state index in [1.54, 1.807) is 24.3 Å². The first kappa shape index (κ1) is 37.9. The number of hydrogen-bond acceptors (Lipinski definition) is 9. The molecule has 0 aromatic heterocycles. The molecule has 0 aliphatic heterocycles. The smallest absolute Gasteiger partial charge is 0.477 e. The van der Waals surface area contributed by atoms with Crippen molar-refractivity contribution in [3.05, 3.63) is 51.4 Å². The number of hydrogen-bond donors (Lipinski definition) is 4. The van der Waals surface area contributed by atoms with Gasteiger partial charge >= 0.3 is 5.09 Å². The standard InChI is InChI=1S/C42H57NO9/c1-39(2,23-15-33(46)37(34(47)16-23)25-19-31(44)29-21-27(25)41(29,5)6)11-9-13-51-43(50)52-14-10-12-40(3,4)24-17-35(48)38(36(49)18-24)26-20-32(45)30-22-28(26)42(30,7)8/h15-18,25-30H,9-14,19-22H2,1-8H3,(H3-,46,47,48,49)/p+1/t25-,26-,27+,28+,29+,30+/m1/s1. The topological polar surface area (TPSA) is 154 Å². The molecule has 2 aromatic rings. The summed E-state index contributed by atoms with van der Waals surface area (Å²) < 4.78 is 0. The summed E-state index contributed by atoms with van der Waals surface area (Å²) in [6.45, 7) is 16.7. The number of carbonyl (C=O) groups is 2. The lowest BCUT2D eigenvalue weighted by molar-refractivity contribution is -0.981. The molecule has 0 spiro atoms. The molecule has 0 radical (unpaired) electrons. The van der Waals surface area contributed by atoms with Gasteiger partial charge in [-0.25, -0.2) is 0 Å². The minimum atomic E-state index is -0.439. The predicted molar refractivity (Wildman–Crippen MR) is 195 cm³/mol. The Morgan fingerprint density at radius 2 is 0.981 bits per heavy atom. The Hall–Kier alpha value is -3.82. The van der Waals surface area contributed by atoms with Crippen molar-refractivity contribution in [3.8, 4) is 23.0 Å². The van der Waals surface area contributed by atoms with E-state index in [1.165, 1.54) is 0 Å². The van der Waals surface area contributed by atoms with Gasteiger partial charge in [-0.05, 0) is 107 Å². The van der Waals surface area contributed by atoms with E-state index >= 15 is 0 Å². The molecule has 8 rings (SSSR count). The second kappa shape index (κ2) is 13.2. The summed E-state index contributed by atoms with van der Waals surface area (Å²) in [5.41, 5.74) is 1.32. The quantitative estimate of drug-likeness (QED) is 0.111. The number of rotatable bonds is 14. The second-order valence-corrected chi connectivity index (χ2v) is 18.7. The maximum absolute atomic E-state index is 12.7. The van der Waals surface area contributed by atoms with Crippen molar-refractivity contribution in [2.45, 2.75) is 129 Å². The van der Waals surface area contributed by atoms with Gasteiger partial charge in [-0.1, -0.05) is 55.4 Å². The largest absolute Gasteiger partial charge is 0.508 e. The van der Waals surface area contributed by atoms with Gasteiger partial charge in [0.05, 0.1) is 0 Å². The molecule has 6 aliphatic carbocycles. The lowest BCUT2D eigenvalue weighted by atomic mass is 9.44. The normalized spacial score (nSPS) is 27.4. The predicted octanol–water partition coefficient (Wildman–Crippen LogP) is 8.40. The molecular weight excluding hydrogens is 662 g/mol. The molecule has 6 saturated carbocycles. The van der Waals surface area contributed by atoms with E-state index in [0.29, 0.717) is 49.7 Å². The number of phenolic OH excluding ortho intramolecular Hbond substituents is 4. The van der Waals surface area contributed by atoms with Crippen LogP contribution in [-0.4, -0.2) is 50.3 Å². The fraction of sp³-hybridized carbons (Fsp3) is 0.667. The maximum atomic E-state index is 12.7. The molecular formula is C42H58NO9+. The first-order valence-electron chi connectivity index (χ1n) is 19.1. The fourth-order valence-electron chi connectivity index (χ4n) is 10.4. The molecule has 0 unspecified atom stereocenters. The highest BCUT2D eigenvalue weighted by Crippen LogP contribution is 2.65. The average molecular weight is 721 g/mol. The van der Waals surface area contributed by atoms with E-state index in [2.05, 4.69) is 27.7 Å². The SMILES string of the molecule is CC(C)(CCCO[N+](=O)OCCCC(C)(C)c1cc(O)c([C@@H]2CC(=O)[C@@H]3C[C@@H]2C3(C)C)c(O)c1)c1cc(O)c([C@@H]2CC(=O)[C@@H]3C[C@@H]2C3(C)C)c(O)c1. The van der Waals surface area contributed by atoms with Crippen LogP contribution in [0, 0.1) is 39.4 Å². The Morgan fingerprint density at radius 1 is 0.654 bits per heavy atom. The van der Waals surface area contributed by atoms with E-state index < -0.39 is 10.8 Å². The number of carbonyl (C=O) groups excluding carboxylic acids is 2. The second-order valence-electron chi connectivity index (χ2n) is 18.7. The van der Waals surface area contributed by atoms with Crippen LogP contribution in [0.3, 0.4) is 0 Å². The molecule has 0 heterocycles. The molecule has 6 atom stereocenters. The number of Topliss-reactive ketones (excluding diaryl/α,β-unsaturated/α-hetero) is 2. The van der Waals surface area contributed by atoms with Crippen LogP contribution < -0.4 is 0 Å². The van der Waals surface area contributed by atoms with Crippen molar-refractivity contribution < 1.29 is 44.8 Å². The van der Waals surface area contributed by atoms with Crippen molar-refractivity contribution in [3.63, 3.8) is 0 Å². The van der Waals surface area contributed by atoms with Gasteiger partial charge in [-0.15, -0.1) is 0 Å². The van der Waals surface area contributed by atoms with Gasteiger partial charge in [0.1, 0.15) is 39.5 Å². The van der Waals surface area contributed by atoms with Gasteiger partial charge in [-0.3, -0.25) is 9.59 Å². The summed E-state index contributed by atoms with van der Waals surface area (Å²) in [7, 11) is 0. The number of ketones is 2. The lowest BCUT2D eigenvalue weighted by Gasteiger charge is -2.59. The highest BCUT2D eigenvalue weighted by molar-refractivity contribution is 5.87. The van der Waals surface area contributed by atoms with E-state index in [0.717, 1.165) is 24.0 Å². The molecule has 0 saturated heterocycles. The Labute approximate surface area is 307 Å². The zero-order valence-electron chi connectivity index (χ0n) is 32.1. The Morgan fingerprint density at radius 3 is 1.27 bits per heavy atom. The Kier molecular flexibility index (Phi) is 9.65. The summed E-state index contributed by atoms with van der Waals surface area (Å²) >= 11 is 0. The third-order valence-corrected chi connectivity index (χ3v) is 14.1. The van der Waals surface area contributed by atoms with Crippen molar-refractivity contribution in [2.24, 2.45) is 34.5 Å². The highest BCUT2D eigenvalue weighted by Gasteiger charge is 2.60. The monoisotopic (exact) mass is 720 g/mol. The van der Waals surface area contributed by atoms with Crippen LogP contribution in [0.2, 0.25) is 0 Å². The van der Waals surface area contributed by atoms with Gasteiger partial charge in [0.2, 0.25) is 0 Å². The Bertz CT molecular complexity index is 1590. The molecule has 52 heavy (non-hydrogen) atoms. The van der Waals surface area contributed by atoms with Crippen LogP contribution >= 0.6 is 0 Å². The number of benzene rings is 2. The molecule has 6 fully saturated rings. The van der Waals surface area contributed by atoms with Crippen molar-refractivity contribution in [1.29, 1.82) is 0 Å². The van der Waals surface area contributed by atoms with E-state index in [9.17, 15) is 34.9 Å². The molecule has 6 aliphatic rings. The van der Waals surface area contributed by atoms with Gasteiger partial charge in [-0.2, -0.15) is 9.68 Å².